The predicted molar refractivity (Wildman–Crippen MR) is 105 cm³/mol. The van der Waals surface area contributed by atoms with Crippen molar-refractivity contribution in [2.24, 2.45) is 0 Å². The highest BCUT2D eigenvalue weighted by Crippen LogP contribution is 2.15. The van der Waals surface area contributed by atoms with Gasteiger partial charge in [0.1, 0.15) is 17.7 Å². The van der Waals surface area contributed by atoms with Crippen LogP contribution < -0.4 is 10.6 Å². The zero-order chi connectivity index (χ0) is 19.6. The van der Waals surface area contributed by atoms with Gasteiger partial charge in [-0.15, -0.1) is 5.10 Å². The number of nitrogens with one attached hydrogen (secondary N) is 2. The smallest absolute Gasteiger partial charge is 0.256 e. The molecule has 0 aliphatic carbocycles. The van der Waals surface area contributed by atoms with Crippen LogP contribution in [0.25, 0.3) is 5.95 Å². The molecule has 0 fully saturated rings. The fourth-order valence-corrected chi connectivity index (χ4v) is 2.67. The van der Waals surface area contributed by atoms with Crippen molar-refractivity contribution in [3.8, 4) is 5.95 Å². The zero-order valence-electron chi connectivity index (χ0n) is 15.9. The summed E-state index contributed by atoms with van der Waals surface area (Å²) in [6.07, 6.45) is 7.29. The Kier molecular flexibility index (Phi) is 7.00. The minimum Gasteiger partial charge on any atom is -0.365 e. The van der Waals surface area contributed by atoms with Gasteiger partial charge in [0.2, 0.25) is 0 Å². The quantitative estimate of drug-likeness (QED) is 0.520. The third kappa shape index (κ3) is 5.32. The molecule has 3 rings (SSSR count). The number of benzene rings is 1. The van der Waals surface area contributed by atoms with Gasteiger partial charge in [0.25, 0.3) is 11.9 Å². The second kappa shape index (κ2) is 10.1. The van der Waals surface area contributed by atoms with Crippen LogP contribution in [0.5, 0.6) is 0 Å². The number of carbonyl (C=O) groups is 1. The van der Waals surface area contributed by atoms with Gasteiger partial charge in [-0.2, -0.15) is 9.67 Å². The van der Waals surface area contributed by atoms with E-state index in [1.54, 1.807) is 0 Å². The van der Waals surface area contributed by atoms with Crippen molar-refractivity contribution >= 4 is 11.7 Å². The van der Waals surface area contributed by atoms with E-state index in [1.165, 1.54) is 23.6 Å². The lowest BCUT2D eigenvalue weighted by molar-refractivity contribution is 0.0953. The number of anilines is 1. The molecule has 0 aliphatic heterocycles. The Balaban J connectivity index is 1.74. The molecule has 0 saturated carbocycles. The summed E-state index contributed by atoms with van der Waals surface area (Å²) < 4.78 is 1.35. The molecule has 0 spiro atoms. The molecule has 3 aromatic rings. The van der Waals surface area contributed by atoms with Crippen LogP contribution in [0.1, 0.15) is 48.5 Å². The van der Waals surface area contributed by atoms with E-state index < -0.39 is 0 Å². The van der Waals surface area contributed by atoms with E-state index in [0.717, 1.165) is 24.8 Å². The number of rotatable bonds is 10. The molecular weight excluding hydrogens is 356 g/mol. The van der Waals surface area contributed by atoms with E-state index in [1.807, 2.05) is 30.3 Å². The van der Waals surface area contributed by atoms with Crippen molar-refractivity contribution < 1.29 is 4.79 Å². The van der Waals surface area contributed by atoms with Crippen molar-refractivity contribution in [2.75, 3.05) is 11.9 Å². The van der Waals surface area contributed by atoms with Crippen molar-refractivity contribution in [1.82, 2.24) is 35.5 Å². The Morgan fingerprint density at radius 3 is 2.75 bits per heavy atom. The number of aromatic nitrogens is 6. The van der Waals surface area contributed by atoms with Crippen LogP contribution in [0.3, 0.4) is 0 Å². The van der Waals surface area contributed by atoms with Crippen molar-refractivity contribution in [2.45, 2.75) is 39.2 Å². The number of tetrazole rings is 1. The molecule has 146 valence electrons. The van der Waals surface area contributed by atoms with Crippen LogP contribution in [0, 0.1) is 0 Å². The summed E-state index contributed by atoms with van der Waals surface area (Å²) in [4.78, 5) is 21.3. The summed E-state index contributed by atoms with van der Waals surface area (Å²) in [5, 5.41) is 17.2. The Bertz CT molecular complexity index is 867. The lowest BCUT2D eigenvalue weighted by Gasteiger charge is -2.12. The monoisotopic (exact) mass is 380 g/mol. The Morgan fingerprint density at radius 1 is 1.14 bits per heavy atom. The fourth-order valence-electron chi connectivity index (χ4n) is 2.67. The van der Waals surface area contributed by atoms with Gasteiger partial charge in [0.05, 0.1) is 0 Å². The van der Waals surface area contributed by atoms with Gasteiger partial charge < -0.3 is 10.6 Å². The minimum absolute atomic E-state index is 0.199. The van der Waals surface area contributed by atoms with Crippen LogP contribution in [0.15, 0.2) is 42.9 Å². The molecule has 2 aromatic heterocycles. The predicted octanol–water partition coefficient (Wildman–Crippen LogP) is 2.37. The minimum atomic E-state index is -0.199. The van der Waals surface area contributed by atoms with E-state index in [2.05, 4.69) is 43.1 Å². The largest absolute Gasteiger partial charge is 0.365 e. The first-order chi connectivity index (χ1) is 13.8. The van der Waals surface area contributed by atoms with Crippen molar-refractivity contribution in [3.05, 3.63) is 54.0 Å². The summed E-state index contributed by atoms with van der Waals surface area (Å²) in [5.74, 6) is 0.533. The highest BCUT2D eigenvalue weighted by Gasteiger charge is 2.15. The lowest BCUT2D eigenvalue weighted by atomic mass is 10.2. The number of unbranched alkanes of at least 4 members (excludes halogenated alkanes) is 3. The van der Waals surface area contributed by atoms with E-state index in [-0.39, 0.29) is 5.91 Å². The molecule has 2 heterocycles. The summed E-state index contributed by atoms with van der Waals surface area (Å²) in [5.41, 5.74) is 1.47. The highest BCUT2D eigenvalue weighted by atomic mass is 16.1. The molecule has 28 heavy (non-hydrogen) atoms. The molecule has 0 unspecified atom stereocenters. The maximum atomic E-state index is 12.6. The van der Waals surface area contributed by atoms with Crippen LogP contribution in [-0.4, -0.2) is 42.6 Å². The van der Waals surface area contributed by atoms with Gasteiger partial charge in [0, 0.05) is 19.3 Å². The van der Waals surface area contributed by atoms with Gasteiger partial charge in [0.15, 0.2) is 0 Å². The fraction of sp³-hybridized carbons (Fsp3) is 0.368. The average Bonchev–Trinajstić information content (AvgIpc) is 3.27. The second-order valence-corrected chi connectivity index (χ2v) is 6.34. The second-order valence-electron chi connectivity index (χ2n) is 6.34. The van der Waals surface area contributed by atoms with E-state index in [0.29, 0.717) is 30.4 Å². The molecule has 1 amide bonds. The number of hydrogen-bond donors (Lipinski definition) is 2. The molecule has 2 N–H and O–H groups in total. The topological polar surface area (TPSA) is 111 Å². The molecule has 1 aromatic carbocycles. The number of carbonyl (C=O) groups excluding carboxylic acids is 1. The van der Waals surface area contributed by atoms with Gasteiger partial charge >= 0.3 is 0 Å². The third-order valence-corrected chi connectivity index (χ3v) is 4.19. The van der Waals surface area contributed by atoms with Gasteiger partial charge in [-0.25, -0.2) is 4.98 Å². The van der Waals surface area contributed by atoms with Gasteiger partial charge in [-0.1, -0.05) is 56.5 Å². The normalized spacial score (nSPS) is 10.6. The number of amides is 1. The first-order valence-electron chi connectivity index (χ1n) is 9.44. The number of nitrogens with zero attached hydrogens (tertiary/aromatic N) is 6. The SMILES string of the molecule is CCCCCCNC(=O)c1cnc(-n2cnnn2)nc1NCc1ccccc1. The van der Waals surface area contributed by atoms with E-state index in [4.69, 9.17) is 0 Å². The van der Waals surface area contributed by atoms with Crippen LogP contribution in [-0.2, 0) is 6.54 Å². The first-order valence-corrected chi connectivity index (χ1v) is 9.44. The number of hydrogen-bond acceptors (Lipinski definition) is 7. The Labute approximate surface area is 163 Å². The molecule has 0 aliphatic rings. The summed E-state index contributed by atoms with van der Waals surface area (Å²) in [7, 11) is 0. The van der Waals surface area contributed by atoms with Gasteiger partial charge in [-0.05, 0) is 22.4 Å². The maximum Gasteiger partial charge on any atom is 0.256 e. The third-order valence-electron chi connectivity index (χ3n) is 4.19. The lowest BCUT2D eigenvalue weighted by Crippen LogP contribution is -2.26. The molecule has 0 atom stereocenters. The average molecular weight is 380 g/mol. The maximum absolute atomic E-state index is 12.6. The Hall–Kier alpha value is -3.36. The van der Waals surface area contributed by atoms with Gasteiger partial charge in [-0.3, -0.25) is 4.79 Å². The zero-order valence-corrected chi connectivity index (χ0v) is 15.9. The van der Waals surface area contributed by atoms with E-state index >= 15 is 0 Å². The van der Waals surface area contributed by atoms with Crippen molar-refractivity contribution in [3.63, 3.8) is 0 Å². The van der Waals surface area contributed by atoms with Crippen molar-refractivity contribution in [1.29, 1.82) is 0 Å². The Morgan fingerprint density at radius 2 is 2.00 bits per heavy atom. The highest BCUT2D eigenvalue weighted by molar-refractivity contribution is 5.98. The standard InChI is InChI=1S/C19H24N8O/c1-2-3-4-8-11-20-18(28)16-13-22-19(27-14-23-25-26-27)24-17(16)21-12-15-9-6-5-7-10-15/h5-7,9-10,13-14H,2-4,8,11-12H2,1H3,(H,20,28)(H,21,22,24). The van der Waals surface area contributed by atoms with Crippen LogP contribution in [0.4, 0.5) is 5.82 Å². The van der Waals surface area contributed by atoms with E-state index in [9.17, 15) is 4.79 Å². The first kappa shape index (κ1) is 19.4. The summed E-state index contributed by atoms with van der Waals surface area (Å²) in [6.45, 7) is 3.32. The summed E-state index contributed by atoms with van der Waals surface area (Å²) >= 11 is 0. The van der Waals surface area contributed by atoms with Crippen LogP contribution >= 0.6 is 0 Å². The summed E-state index contributed by atoms with van der Waals surface area (Å²) in [6, 6.07) is 9.90. The molecule has 9 nitrogen and oxygen atoms in total. The van der Waals surface area contributed by atoms with Crippen LogP contribution in [0.2, 0.25) is 0 Å². The molecule has 0 radical (unpaired) electrons. The molecule has 0 saturated heterocycles. The molecular formula is C19H24N8O. The molecule has 9 heteroatoms. The molecule has 0 bridgehead atoms.